The molecule has 1 saturated heterocycles. The molecule has 1 amide bonds. The Labute approximate surface area is 118 Å². The van der Waals surface area contributed by atoms with E-state index in [1.165, 1.54) is 4.90 Å². The number of ether oxygens (including phenoxy) is 1. The van der Waals surface area contributed by atoms with Crippen molar-refractivity contribution >= 4 is 27.8 Å². The Hall–Kier alpha value is -1.34. The van der Waals surface area contributed by atoms with Crippen molar-refractivity contribution in [2.45, 2.75) is 31.6 Å². The maximum Gasteiger partial charge on any atom is 0.332 e. The predicted molar refractivity (Wildman–Crippen MR) is 68.4 cm³/mol. The number of nitrogens with zero attached hydrogens (tertiary/aromatic N) is 1. The van der Waals surface area contributed by atoms with Crippen LogP contribution in [-0.2, 0) is 20.9 Å². The Kier molecular flexibility index (Phi) is 4.26. The van der Waals surface area contributed by atoms with Crippen LogP contribution in [0.2, 0.25) is 0 Å². The number of hydrogen-bond acceptors (Lipinski definition) is 4. The molecule has 1 fully saturated rings. The second-order valence-corrected chi connectivity index (χ2v) is 5.21. The molecule has 0 radical (unpaired) electrons. The van der Waals surface area contributed by atoms with Gasteiger partial charge in [-0.15, -0.1) is 0 Å². The van der Waals surface area contributed by atoms with Crippen LogP contribution in [0.5, 0.6) is 0 Å². The maximum atomic E-state index is 12.1. The van der Waals surface area contributed by atoms with Crippen molar-refractivity contribution in [1.82, 2.24) is 4.90 Å². The van der Waals surface area contributed by atoms with Crippen molar-refractivity contribution in [1.29, 1.82) is 0 Å². The lowest BCUT2D eigenvalue weighted by Crippen LogP contribution is -2.36. The second-order valence-electron chi connectivity index (χ2n) is 4.43. The number of furan rings is 1. The summed E-state index contributed by atoms with van der Waals surface area (Å²) in [6.07, 6.45) is -0.752. The van der Waals surface area contributed by atoms with Crippen molar-refractivity contribution < 1.29 is 23.8 Å². The SMILES string of the molecule is CN(Cc1ccc(Br)o1)C(=O)C1CCC(C(=O)O)O1. The van der Waals surface area contributed by atoms with E-state index in [-0.39, 0.29) is 5.91 Å². The van der Waals surface area contributed by atoms with E-state index in [0.717, 1.165) is 0 Å². The lowest BCUT2D eigenvalue weighted by molar-refractivity contribution is -0.154. The fourth-order valence-electron chi connectivity index (χ4n) is 1.99. The van der Waals surface area contributed by atoms with E-state index in [0.29, 0.717) is 29.8 Å². The molecule has 1 aromatic rings. The molecule has 2 unspecified atom stereocenters. The zero-order valence-electron chi connectivity index (χ0n) is 10.3. The van der Waals surface area contributed by atoms with Gasteiger partial charge in [-0.25, -0.2) is 4.79 Å². The van der Waals surface area contributed by atoms with Crippen LogP contribution >= 0.6 is 15.9 Å². The molecule has 2 heterocycles. The molecule has 0 aliphatic carbocycles. The highest BCUT2D eigenvalue weighted by molar-refractivity contribution is 9.10. The number of carboxylic acids is 1. The fourth-order valence-corrected chi connectivity index (χ4v) is 2.33. The van der Waals surface area contributed by atoms with Gasteiger partial charge in [0, 0.05) is 7.05 Å². The van der Waals surface area contributed by atoms with Crippen LogP contribution in [0.15, 0.2) is 21.2 Å². The van der Waals surface area contributed by atoms with Crippen LogP contribution < -0.4 is 0 Å². The number of carbonyl (C=O) groups excluding carboxylic acids is 1. The Morgan fingerprint density at radius 2 is 2.11 bits per heavy atom. The molecule has 0 saturated carbocycles. The Morgan fingerprint density at radius 1 is 1.42 bits per heavy atom. The van der Waals surface area contributed by atoms with Crippen LogP contribution in [0.3, 0.4) is 0 Å². The van der Waals surface area contributed by atoms with Crippen molar-refractivity contribution in [3.8, 4) is 0 Å². The summed E-state index contributed by atoms with van der Waals surface area (Å²) in [5, 5.41) is 8.82. The third-order valence-corrected chi connectivity index (χ3v) is 3.39. The van der Waals surface area contributed by atoms with Gasteiger partial charge in [0.15, 0.2) is 10.8 Å². The van der Waals surface area contributed by atoms with Crippen molar-refractivity contribution in [2.24, 2.45) is 0 Å². The summed E-state index contributed by atoms with van der Waals surface area (Å²) in [6, 6.07) is 3.52. The monoisotopic (exact) mass is 331 g/mol. The number of hydrogen-bond donors (Lipinski definition) is 1. The van der Waals surface area contributed by atoms with Gasteiger partial charge in [-0.05, 0) is 40.9 Å². The largest absolute Gasteiger partial charge is 0.479 e. The molecule has 1 N–H and O–H groups in total. The van der Waals surface area contributed by atoms with Crippen LogP contribution in [0, 0.1) is 0 Å². The molecule has 0 spiro atoms. The molecule has 0 bridgehead atoms. The van der Waals surface area contributed by atoms with E-state index in [1.54, 1.807) is 19.2 Å². The van der Waals surface area contributed by atoms with Crippen molar-refractivity contribution in [3.05, 3.63) is 22.6 Å². The summed E-state index contributed by atoms with van der Waals surface area (Å²) < 4.78 is 11.1. The van der Waals surface area contributed by atoms with Crippen LogP contribution in [-0.4, -0.2) is 41.1 Å². The lowest BCUT2D eigenvalue weighted by Gasteiger charge is -2.19. The van der Waals surface area contributed by atoms with Crippen molar-refractivity contribution in [3.63, 3.8) is 0 Å². The summed E-state index contributed by atoms with van der Waals surface area (Å²) in [4.78, 5) is 24.3. The lowest BCUT2D eigenvalue weighted by atomic mass is 10.2. The van der Waals surface area contributed by atoms with Crippen LogP contribution in [0.4, 0.5) is 0 Å². The van der Waals surface area contributed by atoms with Gasteiger partial charge in [0.2, 0.25) is 0 Å². The average molecular weight is 332 g/mol. The first-order chi connectivity index (χ1) is 8.97. The normalized spacial score (nSPS) is 22.4. The Bertz CT molecular complexity index is 486. The molecule has 19 heavy (non-hydrogen) atoms. The van der Waals surface area contributed by atoms with Gasteiger partial charge in [-0.2, -0.15) is 0 Å². The van der Waals surface area contributed by atoms with Gasteiger partial charge < -0.3 is 19.2 Å². The summed E-state index contributed by atoms with van der Waals surface area (Å²) in [5.74, 6) is -0.598. The first kappa shape index (κ1) is 14.1. The molecule has 2 rings (SSSR count). The van der Waals surface area contributed by atoms with E-state index in [9.17, 15) is 9.59 Å². The molecular formula is C12H14BrNO5. The minimum atomic E-state index is -1.02. The number of carboxylic acid groups (broad SMARTS) is 1. The Morgan fingerprint density at radius 3 is 2.63 bits per heavy atom. The van der Waals surface area contributed by atoms with Gasteiger partial charge in [0.1, 0.15) is 11.9 Å². The van der Waals surface area contributed by atoms with Gasteiger partial charge in [0.25, 0.3) is 5.91 Å². The number of likely N-dealkylation sites (N-methyl/N-ethyl adjacent to an activating group) is 1. The van der Waals surface area contributed by atoms with Crippen LogP contribution in [0.1, 0.15) is 18.6 Å². The topological polar surface area (TPSA) is 80.0 Å². The van der Waals surface area contributed by atoms with Gasteiger partial charge in [0.05, 0.1) is 6.54 Å². The van der Waals surface area contributed by atoms with Crippen LogP contribution in [0.25, 0.3) is 0 Å². The van der Waals surface area contributed by atoms with Gasteiger partial charge in [-0.3, -0.25) is 4.79 Å². The average Bonchev–Trinajstić information content (AvgIpc) is 2.97. The summed E-state index contributed by atoms with van der Waals surface area (Å²) in [7, 11) is 1.64. The fraction of sp³-hybridized carbons (Fsp3) is 0.500. The van der Waals surface area contributed by atoms with E-state index in [2.05, 4.69) is 15.9 Å². The third-order valence-electron chi connectivity index (χ3n) is 2.97. The molecule has 0 aromatic carbocycles. The van der Waals surface area contributed by atoms with Gasteiger partial charge >= 0.3 is 5.97 Å². The summed E-state index contributed by atoms with van der Waals surface area (Å²) in [6.45, 7) is 0.321. The maximum absolute atomic E-state index is 12.1. The number of carbonyl (C=O) groups is 2. The molecule has 2 atom stereocenters. The zero-order chi connectivity index (χ0) is 14.0. The number of amides is 1. The smallest absolute Gasteiger partial charge is 0.332 e. The third kappa shape index (κ3) is 3.36. The minimum Gasteiger partial charge on any atom is -0.479 e. The highest BCUT2D eigenvalue weighted by Crippen LogP contribution is 2.22. The van der Waals surface area contributed by atoms with E-state index in [4.69, 9.17) is 14.3 Å². The predicted octanol–water partition coefficient (Wildman–Crippen LogP) is 1.63. The van der Waals surface area contributed by atoms with E-state index >= 15 is 0 Å². The molecule has 1 aliphatic rings. The zero-order valence-corrected chi connectivity index (χ0v) is 11.9. The summed E-state index contributed by atoms with van der Waals surface area (Å²) in [5.41, 5.74) is 0. The molecule has 104 valence electrons. The highest BCUT2D eigenvalue weighted by Gasteiger charge is 2.36. The molecule has 1 aromatic heterocycles. The number of aliphatic carboxylic acids is 1. The van der Waals surface area contributed by atoms with Crippen molar-refractivity contribution in [2.75, 3.05) is 7.05 Å². The standard InChI is InChI=1S/C12H14BrNO5/c1-14(6-7-2-5-10(13)18-7)11(15)8-3-4-9(19-8)12(16)17/h2,5,8-9H,3-4,6H2,1H3,(H,16,17). The Balaban J connectivity index is 1.91. The first-order valence-corrected chi connectivity index (χ1v) is 6.64. The number of rotatable bonds is 4. The van der Waals surface area contributed by atoms with E-state index in [1.807, 2.05) is 0 Å². The summed E-state index contributed by atoms with van der Waals surface area (Å²) >= 11 is 3.19. The highest BCUT2D eigenvalue weighted by atomic mass is 79.9. The van der Waals surface area contributed by atoms with E-state index < -0.39 is 18.2 Å². The quantitative estimate of drug-likeness (QED) is 0.907. The minimum absolute atomic E-state index is 0.226. The molecule has 7 heteroatoms. The molecule has 6 nitrogen and oxygen atoms in total. The second kappa shape index (κ2) is 5.75. The first-order valence-electron chi connectivity index (χ1n) is 5.85. The molecule has 1 aliphatic heterocycles. The van der Waals surface area contributed by atoms with Gasteiger partial charge in [-0.1, -0.05) is 0 Å². The number of halogens is 1. The molecular weight excluding hydrogens is 318 g/mol.